The smallest absolute Gasteiger partial charge is 0.231 e. The third-order valence-corrected chi connectivity index (χ3v) is 5.43. The topological polar surface area (TPSA) is 58.6 Å². The molecule has 4 nitrogen and oxygen atoms in total. The molecule has 1 aromatic heterocycles. The van der Waals surface area contributed by atoms with Crippen LogP contribution in [0.25, 0.3) is 0 Å². The lowest BCUT2D eigenvalue weighted by Gasteiger charge is -2.10. The Hall–Kier alpha value is -2.21. The number of nitrogens with one attached hydrogen (secondary N) is 1. The number of hydrogen-bond acceptors (Lipinski definition) is 3. The van der Waals surface area contributed by atoms with Gasteiger partial charge in [-0.05, 0) is 38.1 Å². The molecule has 3 N–H and O–H groups in total. The van der Waals surface area contributed by atoms with Gasteiger partial charge in [0.05, 0.1) is 6.42 Å². The first-order chi connectivity index (χ1) is 13.0. The number of carbonyl (C=O) groups excluding carboxylic acids is 1. The second-order valence-corrected chi connectivity index (χ2v) is 7.99. The molecular formula is C21H23ClN3OS+. The van der Waals surface area contributed by atoms with E-state index >= 15 is 0 Å². The zero-order valence-corrected chi connectivity index (χ0v) is 17.0. The van der Waals surface area contributed by atoms with Crippen molar-refractivity contribution in [3.8, 4) is 0 Å². The average molecular weight is 401 g/mol. The predicted octanol–water partition coefficient (Wildman–Crippen LogP) is 4.11. The monoisotopic (exact) mass is 400 g/mol. The summed E-state index contributed by atoms with van der Waals surface area (Å²) in [7, 11) is 0. The molecule has 0 spiro atoms. The maximum Gasteiger partial charge on any atom is 0.231 e. The van der Waals surface area contributed by atoms with Gasteiger partial charge < -0.3 is 10.6 Å². The number of aryl methyl sites for hydroxylation is 1. The Bertz CT molecular complexity index is 908. The summed E-state index contributed by atoms with van der Waals surface area (Å²) in [5.41, 5.74) is 4.16. The minimum absolute atomic E-state index is 0.0453. The van der Waals surface area contributed by atoms with E-state index in [-0.39, 0.29) is 5.91 Å². The van der Waals surface area contributed by atoms with Crippen molar-refractivity contribution in [2.24, 2.45) is 0 Å². The van der Waals surface area contributed by atoms with E-state index in [4.69, 9.17) is 11.6 Å². The Labute approximate surface area is 168 Å². The van der Waals surface area contributed by atoms with E-state index in [9.17, 15) is 4.79 Å². The quantitative estimate of drug-likeness (QED) is 0.627. The zero-order chi connectivity index (χ0) is 19.2. The minimum atomic E-state index is -0.0453. The summed E-state index contributed by atoms with van der Waals surface area (Å²) in [6, 6.07) is 16.0. The minimum Gasteiger partial charge on any atom is -0.335 e. The summed E-state index contributed by atoms with van der Waals surface area (Å²) >= 11 is 7.59. The largest absolute Gasteiger partial charge is 0.335 e. The molecule has 0 saturated carbocycles. The number of halogens is 1. The van der Waals surface area contributed by atoms with Crippen molar-refractivity contribution in [3.05, 3.63) is 80.8 Å². The lowest BCUT2D eigenvalue weighted by molar-refractivity contribution is -0.708. The fourth-order valence-corrected chi connectivity index (χ4v) is 3.73. The van der Waals surface area contributed by atoms with E-state index in [1.807, 2.05) is 54.8 Å². The fourth-order valence-electron chi connectivity index (χ4n) is 2.73. The van der Waals surface area contributed by atoms with Crippen molar-refractivity contribution in [1.82, 2.24) is 4.98 Å². The van der Waals surface area contributed by atoms with E-state index in [0.717, 1.165) is 28.0 Å². The van der Waals surface area contributed by atoms with Crippen LogP contribution in [-0.2, 0) is 17.8 Å². The third-order valence-electron chi connectivity index (χ3n) is 4.30. The van der Waals surface area contributed by atoms with E-state index in [0.29, 0.717) is 12.5 Å². The highest BCUT2D eigenvalue weighted by Gasteiger charge is 2.12. The molecule has 1 heterocycles. The summed E-state index contributed by atoms with van der Waals surface area (Å²) in [6.45, 7) is 4.94. The number of nitrogens with zero attached hydrogens (tertiary/aromatic N) is 1. The van der Waals surface area contributed by atoms with Crippen molar-refractivity contribution in [1.29, 1.82) is 0 Å². The van der Waals surface area contributed by atoms with Gasteiger partial charge >= 0.3 is 0 Å². The fraction of sp³-hybridized carbons (Fsp3) is 0.238. The Morgan fingerprint density at radius 2 is 2.04 bits per heavy atom. The van der Waals surface area contributed by atoms with Crippen LogP contribution in [0.2, 0.25) is 5.02 Å². The maximum absolute atomic E-state index is 12.2. The Morgan fingerprint density at radius 1 is 1.26 bits per heavy atom. The van der Waals surface area contributed by atoms with Crippen molar-refractivity contribution in [2.45, 2.75) is 32.9 Å². The first kappa shape index (κ1) is 19.5. The molecule has 6 heteroatoms. The van der Waals surface area contributed by atoms with E-state index in [2.05, 4.69) is 28.6 Å². The number of anilines is 1. The van der Waals surface area contributed by atoms with Crippen LogP contribution in [0, 0.1) is 6.92 Å². The van der Waals surface area contributed by atoms with Crippen LogP contribution in [0.1, 0.15) is 34.8 Å². The highest BCUT2D eigenvalue weighted by Crippen LogP contribution is 2.16. The summed E-state index contributed by atoms with van der Waals surface area (Å²) in [5, 5.41) is 8.74. The van der Waals surface area contributed by atoms with E-state index in [1.165, 1.54) is 22.5 Å². The molecule has 0 unspecified atom stereocenters. The van der Waals surface area contributed by atoms with Gasteiger partial charge in [-0.1, -0.05) is 41.4 Å². The molecule has 2 aromatic carbocycles. The number of aromatic nitrogens is 1. The highest BCUT2D eigenvalue weighted by atomic mass is 35.5. The molecule has 0 aliphatic carbocycles. The lowest BCUT2D eigenvalue weighted by atomic mass is 10.1. The molecule has 1 atom stereocenters. The van der Waals surface area contributed by atoms with Crippen LogP contribution in [0.3, 0.4) is 0 Å². The SMILES string of the molecule is Cc1ccc(NC(=O)Cc2nc(C[NH2+][C@@H](C)c3cccc(Cl)c3)cs2)cc1. The number of hydrogen-bond donors (Lipinski definition) is 2. The first-order valence-electron chi connectivity index (χ1n) is 8.88. The number of carbonyl (C=O) groups is 1. The second-order valence-electron chi connectivity index (χ2n) is 6.61. The predicted molar refractivity (Wildman–Crippen MR) is 111 cm³/mol. The van der Waals surface area contributed by atoms with Crippen molar-refractivity contribution in [2.75, 3.05) is 5.32 Å². The van der Waals surface area contributed by atoms with Crippen LogP contribution in [-0.4, -0.2) is 10.9 Å². The highest BCUT2D eigenvalue weighted by molar-refractivity contribution is 7.09. The van der Waals surface area contributed by atoms with Crippen LogP contribution in [0.5, 0.6) is 0 Å². The molecule has 1 amide bonds. The molecule has 0 aliphatic heterocycles. The van der Waals surface area contributed by atoms with E-state index < -0.39 is 0 Å². The molecule has 27 heavy (non-hydrogen) atoms. The lowest BCUT2D eigenvalue weighted by Crippen LogP contribution is -2.83. The standard InChI is InChI=1S/C21H22ClN3OS/c1-14-6-8-18(9-7-14)24-20(26)11-21-25-19(13-27-21)12-23-15(2)16-4-3-5-17(22)10-16/h3-10,13,15,23H,11-12H2,1-2H3,(H,24,26)/p+1/t15-/m0/s1. The van der Waals surface area contributed by atoms with Crippen LogP contribution < -0.4 is 10.6 Å². The maximum atomic E-state index is 12.2. The summed E-state index contributed by atoms with van der Waals surface area (Å²) in [4.78, 5) is 16.8. The number of thiazole rings is 1. The Morgan fingerprint density at radius 3 is 2.78 bits per heavy atom. The number of rotatable bonds is 7. The van der Waals surface area contributed by atoms with Gasteiger partial charge in [-0.3, -0.25) is 4.79 Å². The van der Waals surface area contributed by atoms with E-state index in [1.54, 1.807) is 0 Å². The number of nitrogens with two attached hydrogens (primary N) is 1. The van der Waals surface area contributed by atoms with Gasteiger partial charge in [0, 0.05) is 21.7 Å². The second kappa shape index (κ2) is 9.13. The summed E-state index contributed by atoms with van der Waals surface area (Å²) < 4.78 is 0. The van der Waals surface area contributed by atoms with Gasteiger partial charge in [0.2, 0.25) is 5.91 Å². The molecule has 3 rings (SSSR count). The Kier molecular flexibility index (Phi) is 6.61. The molecule has 0 fully saturated rings. The molecule has 3 aromatic rings. The van der Waals surface area contributed by atoms with Gasteiger partial charge in [-0.15, -0.1) is 11.3 Å². The van der Waals surface area contributed by atoms with Crippen molar-refractivity contribution < 1.29 is 10.1 Å². The molecule has 0 aliphatic rings. The van der Waals surface area contributed by atoms with Crippen LogP contribution >= 0.6 is 22.9 Å². The first-order valence-corrected chi connectivity index (χ1v) is 10.1. The van der Waals surface area contributed by atoms with Gasteiger partial charge in [0.1, 0.15) is 23.3 Å². The van der Waals surface area contributed by atoms with Gasteiger partial charge in [0.15, 0.2) is 0 Å². The molecule has 140 valence electrons. The molecular weight excluding hydrogens is 378 g/mol. The van der Waals surface area contributed by atoms with Crippen LogP contribution in [0.4, 0.5) is 5.69 Å². The molecule has 0 radical (unpaired) electrons. The number of amides is 1. The molecule has 0 bridgehead atoms. The van der Waals surface area contributed by atoms with Gasteiger partial charge in [-0.2, -0.15) is 0 Å². The van der Waals surface area contributed by atoms with Crippen molar-refractivity contribution in [3.63, 3.8) is 0 Å². The Balaban J connectivity index is 1.50. The van der Waals surface area contributed by atoms with Gasteiger partial charge in [0.25, 0.3) is 0 Å². The zero-order valence-electron chi connectivity index (χ0n) is 15.4. The van der Waals surface area contributed by atoms with Gasteiger partial charge in [-0.25, -0.2) is 4.98 Å². The summed E-state index contributed by atoms with van der Waals surface area (Å²) in [5.74, 6) is -0.0453. The number of benzene rings is 2. The van der Waals surface area contributed by atoms with Crippen LogP contribution in [0.15, 0.2) is 53.9 Å². The third kappa shape index (κ3) is 5.89. The van der Waals surface area contributed by atoms with Crippen molar-refractivity contribution >= 4 is 34.5 Å². The number of quaternary nitrogens is 1. The normalized spacial score (nSPS) is 12.0. The average Bonchev–Trinajstić information content (AvgIpc) is 3.09. The summed E-state index contributed by atoms with van der Waals surface area (Å²) in [6.07, 6.45) is 0.294. The molecule has 0 saturated heterocycles.